The van der Waals surface area contributed by atoms with Crippen LogP contribution in [-0.4, -0.2) is 32.3 Å². The van der Waals surface area contributed by atoms with Gasteiger partial charge in [0.15, 0.2) is 11.0 Å². The number of rotatable bonds is 8. The van der Waals surface area contributed by atoms with Gasteiger partial charge in [-0.05, 0) is 50.2 Å². The monoisotopic (exact) mass is 477 g/mol. The molecule has 0 spiro atoms. The summed E-state index contributed by atoms with van der Waals surface area (Å²) in [5.74, 6) is 0.325. The Morgan fingerprint density at radius 1 is 1.10 bits per heavy atom. The number of nitrogens with one attached hydrogen (secondary N) is 2. The third kappa shape index (κ3) is 6.00. The number of benzene rings is 2. The van der Waals surface area contributed by atoms with Crippen LogP contribution in [0.25, 0.3) is 0 Å². The molecule has 0 saturated carbocycles. The lowest BCUT2D eigenvalue weighted by molar-refractivity contribution is -0.113. The van der Waals surface area contributed by atoms with E-state index in [-0.39, 0.29) is 23.6 Å². The third-order valence-corrected chi connectivity index (χ3v) is 5.93. The summed E-state index contributed by atoms with van der Waals surface area (Å²) in [7, 11) is 0. The standard InChI is InChI=1S/C21H21Cl2N5O2S/c1-3-28-19(13(2)24-20(30)14-8-10-15(22)11-9-14)26-27-21(28)31-12-18(29)25-17-7-5-4-6-16(17)23/h4-11,13H,3,12H2,1-2H3,(H,24,30)(H,25,29)/t13-/m1/s1. The summed E-state index contributed by atoms with van der Waals surface area (Å²) in [5.41, 5.74) is 1.07. The predicted molar refractivity (Wildman–Crippen MR) is 124 cm³/mol. The first-order valence-corrected chi connectivity index (χ1v) is 11.3. The van der Waals surface area contributed by atoms with Gasteiger partial charge >= 0.3 is 0 Å². The van der Waals surface area contributed by atoms with Crippen LogP contribution in [0.15, 0.2) is 53.7 Å². The Morgan fingerprint density at radius 3 is 2.48 bits per heavy atom. The molecule has 10 heteroatoms. The summed E-state index contributed by atoms with van der Waals surface area (Å²) in [4.78, 5) is 24.8. The predicted octanol–water partition coefficient (Wildman–Crippen LogP) is 4.83. The molecule has 2 amide bonds. The van der Waals surface area contributed by atoms with Crippen LogP contribution in [0.2, 0.25) is 10.0 Å². The maximum absolute atomic E-state index is 12.5. The second-order valence-electron chi connectivity index (χ2n) is 6.60. The molecule has 7 nitrogen and oxygen atoms in total. The quantitative estimate of drug-likeness (QED) is 0.453. The third-order valence-electron chi connectivity index (χ3n) is 4.38. The van der Waals surface area contributed by atoms with E-state index in [4.69, 9.17) is 23.2 Å². The number of anilines is 1. The minimum Gasteiger partial charge on any atom is -0.342 e. The van der Waals surface area contributed by atoms with Gasteiger partial charge in [0.1, 0.15) is 0 Å². The van der Waals surface area contributed by atoms with Crippen LogP contribution in [0.1, 0.15) is 36.1 Å². The molecule has 1 heterocycles. The highest BCUT2D eigenvalue weighted by Crippen LogP contribution is 2.23. The lowest BCUT2D eigenvalue weighted by atomic mass is 10.2. The van der Waals surface area contributed by atoms with Crippen LogP contribution in [0.3, 0.4) is 0 Å². The van der Waals surface area contributed by atoms with Crippen molar-refractivity contribution >= 4 is 52.5 Å². The molecule has 0 radical (unpaired) electrons. The van der Waals surface area contributed by atoms with Crippen molar-refractivity contribution < 1.29 is 9.59 Å². The Hall–Kier alpha value is -2.55. The zero-order valence-electron chi connectivity index (χ0n) is 16.9. The Balaban J connectivity index is 1.63. The highest BCUT2D eigenvalue weighted by molar-refractivity contribution is 7.99. The van der Waals surface area contributed by atoms with E-state index in [0.29, 0.717) is 38.8 Å². The summed E-state index contributed by atoms with van der Waals surface area (Å²) in [6.07, 6.45) is 0. The summed E-state index contributed by atoms with van der Waals surface area (Å²) in [6, 6.07) is 13.3. The van der Waals surface area contributed by atoms with E-state index in [1.165, 1.54) is 11.8 Å². The average molecular weight is 478 g/mol. The molecule has 31 heavy (non-hydrogen) atoms. The maximum atomic E-state index is 12.5. The zero-order chi connectivity index (χ0) is 22.4. The number of carbonyl (C=O) groups is 2. The van der Waals surface area contributed by atoms with Gasteiger partial charge in [0, 0.05) is 17.1 Å². The van der Waals surface area contributed by atoms with Crippen molar-refractivity contribution in [2.45, 2.75) is 31.6 Å². The lowest BCUT2D eigenvalue weighted by Crippen LogP contribution is -2.28. The van der Waals surface area contributed by atoms with Gasteiger partial charge in [0.25, 0.3) is 5.91 Å². The van der Waals surface area contributed by atoms with E-state index in [2.05, 4.69) is 20.8 Å². The Labute approximate surface area is 194 Å². The number of thioether (sulfide) groups is 1. The summed E-state index contributed by atoms with van der Waals surface area (Å²) in [6.45, 7) is 4.38. The molecule has 0 fully saturated rings. The molecule has 2 N–H and O–H groups in total. The number of carbonyl (C=O) groups excluding carboxylic acids is 2. The van der Waals surface area contributed by atoms with Crippen LogP contribution >= 0.6 is 35.0 Å². The Kier molecular flexibility index (Phi) is 7.95. The fourth-order valence-electron chi connectivity index (χ4n) is 2.85. The molecule has 0 aliphatic heterocycles. The van der Waals surface area contributed by atoms with Crippen LogP contribution in [0.4, 0.5) is 5.69 Å². The number of nitrogens with zero attached hydrogens (tertiary/aromatic N) is 3. The van der Waals surface area contributed by atoms with Crippen molar-refractivity contribution in [2.75, 3.05) is 11.1 Å². The van der Waals surface area contributed by atoms with Crippen molar-refractivity contribution in [1.82, 2.24) is 20.1 Å². The number of halogens is 2. The van der Waals surface area contributed by atoms with Crippen molar-refractivity contribution in [2.24, 2.45) is 0 Å². The zero-order valence-corrected chi connectivity index (χ0v) is 19.3. The average Bonchev–Trinajstić information content (AvgIpc) is 3.17. The number of para-hydroxylation sites is 1. The molecule has 2 aromatic carbocycles. The minimum atomic E-state index is -0.373. The molecule has 0 unspecified atom stereocenters. The van der Waals surface area contributed by atoms with Gasteiger partial charge in [-0.3, -0.25) is 9.59 Å². The van der Waals surface area contributed by atoms with Crippen molar-refractivity contribution in [1.29, 1.82) is 0 Å². The topological polar surface area (TPSA) is 88.9 Å². The van der Waals surface area contributed by atoms with Crippen LogP contribution < -0.4 is 10.6 Å². The first kappa shape index (κ1) is 23.1. The number of amides is 2. The molecule has 0 aliphatic rings. The molecule has 0 saturated heterocycles. The normalized spacial score (nSPS) is 11.7. The van der Waals surface area contributed by atoms with Gasteiger partial charge in [-0.15, -0.1) is 10.2 Å². The second-order valence-corrected chi connectivity index (χ2v) is 8.39. The number of hydrogen-bond donors (Lipinski definition) is 2. The summed E-state index contributed by atoms with van der Waals surface area (Å²) >= 11 is 13.2. The van der Waals surface area contributed by atoms with Crippen molar-refractivity contribution in [3.8, 4) is 0 Å². The smallest absolute Gasteiger partial charge is 0.251 e. The van der Waals surface area contributed by atoms with E-state index in [0.717, 1.165) is 0 Å². The molecule has 1 aromatic heterocycles. The molecular formula is C21H21Cl2N5O2S. The van der Waals surface area contributed by atoms with Gasteiger partial charge in [0.2, 0.25) is 5.91 Å². The molecule has 1 atom stereocenters. The first-order chi connectivity index (χ1) is 14.9. The summed E-state index contributed by atoms with van der Waals surface area (Å²) in [5, 5.41) is 15.8. The first-order valence-electron chi connectivity index (χ1n) is 9.55. The highest BCUT2D eigenvalue weighted by Gasteiger charge is 2.20. The highest BCUT2D eigenvalue weighted by atomic mass is 35.5. The van der Waals surface area contributed by atoms with Crippen molar-refractivity contribution in [3.05, 3.63) is 70.0 Å². The van der Waals surface area contributed by atoms with E-state index >= 15 is 0 Å². The molecular weight excluding hydrogens is 457 g/mol. The van der Waals surface area contributed by atoms with Gasteiger partial charge in [-0.25, -0.2) is 0 Å². The molecule has 3 aromatic rings. The lowest BCUT2D eigenvalue weighted by Gasteiger charge is -2.15. The van der Waals surface area contributed by atoms with Gasteiger partial charge in [-0.1, -0.05) is 47.1 Å². The van der Waals surface area contributed by atoms with E-state index in [9.17, 15) is 9.59 Å². The fraction of sp³-hybridized carbons (Fsp3) is 0.238. The Morgan fingerprint density at radius 2 is 1.81 bits per heavy atom. The number of hydrogen-bond acceptors (Lipinski definition) is 5. The van der Waals surface area contributed by atoms with Gasteiger partial charge in [-0.2, -0.15) is 0 Å². The number of aromatic nitrogens is 3. The Bertz CT molecular complexity index is 1070. The van der Waals surface area contributed by atoms with Crippen molar-refractivity contribution in [3.63, 3.8) is 0 Å². The maximum Gasteiger partial charge on any atom is 0.251 e. The molecule has 3 rings (SSSR count). The second kappa shape index (κ2) is 10.7. The van der Waals surface area contributed by atoms with E-state index in [1.807, 2.05) is 18.4 Å². The summed E-state index contributed by atoms with van der Waals surface area (Å²) < 4.78 is 1.88. The van der Waals surface area contributed by atoms with Crippen LogP contribution in [0, 0.1) is 0 Å². The van der Waals surface area contributed by atoms with Crippen LogP contribution in [-0.2, 0) is 11.3 Å². The van der Waals surface area contributed by atoms with Crippen LogP contribution in [0.5, 0.6) is 0 Å². The minimum absolute atomic E-state index is 0.148. The van der Waals surface area contributed by atoms with E-state index in [1.54, 1.807) is 48.5 Å². The molecule has 162 valence electrons. The largest absolute Gasteiger partial charge is 0.342 e. The van der Waals surface area contributed by atoms with Gasteiger partial charge in [0.05, 0.1) is 22.5 Å². The molecule has 0 aliphatic carbocycles. The van der Waals surface area contributed by atoms with E-state index < -0.39 is 0 Å². The fourth-order valence-corrected chi connectivity index (χ4v) is 3.97. The molecule has 0 bridgehead atoms. The van der Waals surface area contributed by atoms with Gasteiger partial charge < -0.3 is 15.2 Å². The SMILES string of the molecule is CCn1c(SCC(=O)Nc2ccccc2Cl)nnc1[C@@H](C)NC(=O)c1ccc(Cl)cc1.